The predicted octanol–water partition coefficient (Wildman–Crippen LogP) is 3.76. The molecule has 0 fully saturated rings. The highest BCUT2D eigenvalue weighted by atomic mass is 79.9. The monoisotopic (exact) mass is 340 g/mol. The Balaban J connectivity index is 2.17. The van der Waals surface area contributed by atoms with Gasteiger partial charge < -0.3 is 10.1 Å². The maximum Gasteiger partial charge on any atom is 0.274 e. The first-order chi connectivity index (χ1) is 9.10. The fourth-order valence-corrected chi connectivity index (χ4v) is 2.18. The lowest BCUT2D eigenvalue weighted by molar-refractivity contribution is 0.102. The van der Waals surface area contributed by atoms with Crippen molar-refractivity contribution in [3.05, 3.63) is 51.7 Å². The number of anilines is 1. The van der Waals surface area contributed by atoms with Crippen molar-refractivity contribution in [2.45, 2.75) is 0 Å². The first kappa shape index (κ1) is 13.8. The highest BCUT2D eigenvalue weighted by molar-refractivity contribution is 9.10. The van der Waals surface area contributed by atoms with Crippen LogP contribution in [-0.4, -0.2) is 18.0 Å². The van der Waals surface area contributed by atoms with Crippen LogP contribution in [0.15, 0.2) is 40.9 Å². The van der Waals surface area contributed by atoms with E-state index in [1.165, 1.54) is 0 Å². The molecular formula is C13H10BrClN2O2. The van der Waals surface area contributed by atoms with Crippen molar-refractivity contribution in [2.24, 2.45) is 0 Å². The summed E-state index contributed by atoms with van der Waals surface area (Å²) in [5.74, 6) is 0.374. The number of benzene rings is 1. The number of hydrogen-bond acceptors (Lipinski definition) is 3. The van der Waals surface area contributed by atoms with E-state index >= 15 is 0 Å². The number of pyridine rings is 1. The Bertz CT molecular complexity index is 619. The molecule has 1 heterocycles. The molecule has 0 aliphatic rings. The van der Waals surface area contributed by atoms with Crippen molar-refractivity contribution in [1.82, 2.24) is 4.98 Å². The average Bonchev–Trinajstić information content (AvgIpc) is 2.39. The highest BCUT2D eigenvalue weighted by Gasteiger charge is 2.09. The normalized spacial score (nSPS) is 10.1. The number of carbonyl (C=O) groups is 1. The van der Waals surface area contributed by atoms with E-state index in [0.29, 0.717) is 11.4 Å². The molecule has 1 aromatic heterocycles. The third kappa shape index (κ3) is 3.45. The fourth-order valence-electron chi connectivity index (χ4n) is 1.47. The van der Waals surface area contributed by atoms with E-state index in [9.17, 15) is 4.79 Å². The number of ether oxygens (including phenoxy) is 1. The van der Waals surface area contributed by atoms with Crippen LogP contribution in [0.1, 0.15) is 10.5 Å². The van der Waals surface area contributed by atoms with Crippen LogP contribution in [-0.2, 0) is 0 Å². The van der Waals surface area contributed by atoms with Crippen LogP contribution in [0.5, 0.6) is 5.75 Å². The topological polar surface area (TPSA) is 51.2 Å². The van der Waals surface area contributed by atoms with Crippen molar-refractivity contribution < 1.29 is 9.53 Å². The van der Waals surface area contributed by atoms with Gasteiger partial charge in [-0.1, -0.05) is 17.7 Å². The number of nitrogens with zero attached hydrogens (tertiary/aromatic N) is 1. The molecule has 0 radical (unpaired) electrons. The van der Waals surface area contributed by atoms with Crippen LogP contribution < -0.4 is 10.1 Å². The zero-order chi connectivity index (χ0) is 13.8. The number of nitrogens with one attached hydrogen (secondary N) is 1. The third-order valence-electron chi connectivity index (χ3n) is 2.36. The SMILES string of the molecule is COc1ccc(NC(=O)c2cccc(Cl)n2)cc1Br. The molecule has 4 nitrogen and oxygen atoms in total. The number of carbonyl (C=O) groups excluding carboxylic acids is 1. The summed E-state index contributed by atoms with van der Waals surface area (Å²) in [5, 5.41) is 3.01. The molecule has 0 saturated carbocycles. The van der Waals surface area contributed by atoms with Gasteiger partial charge in [-0.05, 0) is 46.3 Å². The summed E-state index contributed by atoms with van der Waals surface area (Å²) < 4.78 is 5.87. The molecule has 19 heavy (non-hydrogen) atoms. The Kier molecular flexibility index (Phi) is 4.39. The lowest BCUT2D eigenvalue weighted by Crippen LogP contribution is -2.13. The van der Waals surface area contributed by atoms with Gasteiger partial charge >= 0.3 is 0 Å². The Morgan fingerprint density at radius 3 is 2.79 bits per heavy atom. The molecule has 1 aromatic carbocycles. The molecule has 98 valence electrons. The quantitative estimate of drug-likeness (QED) is 0.865. The molecular weight excluding hydrogens is 332 g/mol. The first-order valence-corrected chi connectivity index (χ1v) is 6.54. The van der Waals surface area contributed by atoms with Gasteiger partial charge in [0.05, 0.1) is 11.6 Å². The minimum absolute atomic E-state index is 0.263. The largest absolute Gasteiger partial charge is 0.496 e. The maximum atomic E-state index is 12.0. The van der Waals surface area contributed by atoms with Crippen LogP contribution in [0.2, 0.25) is 5.15 Å². The summed E-state index contributed by atoms with van der Waals surface area (Å²) >= 11 is 9.09. The molecule has 6 heteroatoms. The van der Waals surface area contributed by atoms with Crippen LogP contribution in [0, 0.1) is 0 Å². The summed E-state index contributed by atoms with van der Waals surface area (Å²) in [4.78, 5) is 15.9. The van der Waals surface area contributed by atoms with Crippen molar-refractivity contribution in [2.75, 3.05) is 12.4 Å². The second kappa shape index (κ2) is 6.04. The minimum atomic E-state index is -0.320. The molecule has 0 aliphatic carbocycles. The minimum Gasteiger partial charge on any atom is -0.496 e. The van der Waals surface area contributed by atoms with E-state index in [4.69, 9.17) is 16.3 Å². The molecule has 0 spiro atoms. The molecule has 2 rings (SSSR count). The third-order valence-corrected chi connectivity index (χ3v) is 3.19. The van der Waals surface area contributed by atoms with E-state index in [1.54, 1.807) is 43.5 Å². The van der Waals surface area contributed by atoms with Crippen molar-refractivity contribution in [3.8, 4) is 5.75 Å². The van der Waals surface area contributed by atoms with Gasteiger partial charge in [0.2, 0.25) is 0 Å². The van der Waals surface area contributed by atoms with Crippen LogP contribution in [0.3, 0.4) is 0 Å². The lowest BCUT2D eigenvalue weighted by atomic mass is 10.3. The van der Waals surface area contributed by atoms with Gasteiger partial charge in [0, 0.05) is 5.69 Å². The molecule has 0 atom stereocenters. The average molecular weight is 342 g/mol. The summed E-state index contributed by atoms with van der Waals surface area (Å²) in [6.45, 7) is 0. The summed E-state index contributed by atoms with van der Waals surface area (Å²) in [6.07, 6.45) is 0. The highest BCUT2D eigenvalue weighted by Crippen LogP contribution is 2.27. The van der Waals surface area contributed by atoms with E-state index in [-0.39, 0.29) is 16.8 Å². The second-order valence-electron chi connectivity index (χ2n) is 3.65. The Hall–Kier alpha value is -1.59. The van der Waals surface area contributed by atoms with Gasteiger partial charge in [-0.15, -0.1) is 0 Å². The van der Waals surface area contributed by atoms with Gasteiger partial charge in [-0.25, -0.2) is 4.98 Å². The van der Waals surface area contributed by atoms with Crippen molar-refractivity contribution in [1.29, 1.82) is 0 Å². The summed E-state index contributed by atoms with van der Waals surface area (Å²) in [5.41, 5.74) is 0.902. The van der Waals surface area contributed by atoms with Crippen LogP contribution in [0.4, 0.5) is 5.69 Å². The summed E-state index contributed by atoms with van der Waals surface area (Å²) in [7, 11) is 1.58. The molecule has 1 N–H and O–H groups in total. The van der Waals surface area contributed by atoms with E-state index < -0.39 is 0 Å². The molecule has 1 amide bonds. The maximum absolute atomic E-state index is 12.0. The zero-order valence-electron chi connectivity index (χ0n) is 9.98. The van der Waals surface area contributed by atoms with E-state index in [1.807, 2.05) is 0 Å². The Morgan fingerprint density at radius 2 is 2.16 bits per heavy atom. The van der Waals surface area contributed by atoms with Gasteiger partial charge in [0.1, 0.15) is 16.6 Å². The smallest absolute Gasteiger partial charge is 0.274 e. The van der Waals surface area contributed by atoms with E-state index in [2.05, 4.69) is 26.2 Å². The summed E-state index contributed by atoms with van der Waals surface area (Å²) in [6, 6.07) is 10.1. The molecule has 2 aromatic rings. The number of methoxy groups -OCH3 is 1. The molecule has 0 unspecified atom stereocenters. The Morgan fingerprint density at radius 1 is 1.37 bits per heavy atom. The van der Waals surface area contributed by atoms with Gasteiger partial charge in [-0.2, -0.15) is 0 Å². The number of rotatable bonds is 3. The number of aromatic nitrogens is 1. The van der Waals surface area contributed by atoms with E-state index in [0.717, 1.165) is 4.47 Å². The number of halogens is 2. The Labute approximate surface area is 123 Å². The number of amides is 1. The standard InChI is InChI=1S/C13H10BrClN2O2/c1-19-11-6-5-8(7-9(11)14)16-13(18)10-3-2-4-12(15)17-10/h2-7H,1H3,(H,16,18). The first-order valence-electron chi connectivity index (χ1n) is 5.37. The van der Waals surface area contributed by atoms with Crippen LogP contribution in [0.25, 0.3) is 0 Å². The van der Waals surface area contributed by atoms with Crippen molar-refractivity contribution in [3.63, 3.8) is 0 Å². The number of hydrogen-bond donors (Lipinski definition) is 1. The fraction of sp³-hybridized carbons (Fsp3) is 0.0769. The zero-order valence-corrected chi connectivity index (χ0v) is 12.3. The van der Waals surface area contributed by atoms with Gasteiger partial charge in [0.25, 0.3) is 5.91 Å². The van der Waals surface area contributed by atoms with Crippen LogP contribution >= 0.6 is 27.5 Å². The lowest BCUT2D eigenvalue weighted by Gasteiger charge is -2.08. The molecule has 0 saturated heterocycles. The molecule has 0 bridgehead atoms. The van der Waals surface area contributed by atoms with Crippen molar-refractivity contribution >= 4 is 39.1 Å². The molecule has 0 aliphatic heterocycles. The van der Waals surface area contributed by atoms with Gasteiger partial charge in [0.15, 0.2) is 0 Å². The predicted molar refractivity (Wildman–Crippen MR) is 77.9 cm³/mol. The second-order valence-corrected chi connectivity index (χ2v) is 4.89. The van der Waals surface area contributed by atoms with Gasteiger partial charge in [-0.3, -0.25) is 4.79 Å².